The van der Waals surface area contributed by atoms with E-state index >= 15 is 0 Å². The van der Waals surface area contributed by atoms with Crippen LogP contribution in [0.15, 0.2) is 35.9 Å². The maximum atomic E-state index is 11.9. The summed E-state index contributed by atoms with van der Waals surface area (Å²) >= 11 is 0. The predicted molar refractivity (Wildman–Crippen MR) is 81.7 cm³/mol. The van der Waals surface area contributed by atoms with Crippen molar-refractivity contribution in [2.45, 2.75) is 26.4 Å². The minimum absolute atomic E-state index is 0.165. The molecular weight excluding hydrogens is 282 g/mol. The first-order chi connectivity index (χ1) is 10.6. The van der Waals surface area contributed by atoms with Crippen molar-refractivity contribution in [3.63, 3.8) is 0 Å². The Labute approximate surface area is 129 Å². The maximum Gasteiger partial charge on any atom is 0.261 e. The lowest BCUT2D eigenvalue weighted by Gasteiger charge is -2.35. The largest absolute Gasteiger partial charge is 0.491 e. The Kier molecular flexibility index (Phi) is 3.98. The number of benzene rings is 1. The number of hydrogen-bond donors (Lipinski definition) is 0. The number of amides is 2. The number of hydrogen-bond acceptors (Lipinski definition) is 4. The van der Waals surface area contributed by atoms with Crippen LogP contribution in [-0.2, 0) is 14.3 Å². The molecule has 1 fully saturated rings. The van der Waals surface area contributed by atoms with Gasteiger partial charge in [-0.2, -0.15) is 0 Å². The van der Waals surface area contributed by atoms with Crippen LogP contribution in [-0.4, -0.2) is 31.1 Å². The van der Waals surface area contributed by atoms with Crippen LogP contribution >= 0.6 is 0 Å². The molecule has 2 aliphatic heterocycles. The van der Waals surface area contributed by atoms with E-state index in [2.05, 4.69) is 6.92 Å². The molecule has 0 spiro atoms. The number of nitrogens with zero attached hydrogens (tertiary/aromatic N) is 1. The summed E-state index contributed by atoms with van der Waals surface area (Å²) in [7, 11) is 0. The van der Waals surface area contributed by atoms with E-state index in [1.807, 2.05) is 0 Å². The molecule has 2 unspecified atom stereocenters. The Morgan fingerprint density at radius 2 is 2.00 bits per heavy atom. The van der Waals surface area contributed by atoms with Gasteiger partial charge in [0.15, 0.2) is 0 Å². The number of carbonyl (C=O) groups excluding carboxylic acids is 2. The first kappa shape index (κ1) is 14.8. The zero-order valence-electron chi connectivity index (χ0n) is 12.7. The summed E-state index contributed by atoms with van der Waals surface area (Å²) < 4.78 is 11.2. The summed E-state index contributed by atoms with van der Waals surface area (Å²) in [4.78, 5) is 24.9. The lowest BCUT2D eigenvalue weighted by Crippen LogP contribution is -2.43. The molecule has 5 nitrogen and oxygen atoms in total. The molecule has 3 rings (SSSR count). The van der Waals surface area contributed by atoms with E-state index in [9.17, 15) is 9.59 Å². The Hall–Kier alpha value is -2.14. The molecule has 2 atom stereocenters. The second kappa shape index (κ2) is 5.93. The molecule has 0 saturated carbocycles. The summed E-state index contributed by atoms with van der Waals surface area (Å²) in [5.74, 6) is 0.711. The van der Waals surface area contributed by atoms with Gasteiger partial charge in [-0.3, -0.25) is 9.59 Å². The van der Waals surface area contributed by atoms with Gasteiger partial charge in [-0.25, -0.2) is 4.90 Å². The molecular formula is C17H19NO4. The van der Waals surface area contributed by atoms with Crippen molar-refractivity contribution in [1.82, 2.24) is 0 Å². The highest BCUT2D eigenvalue weighted by molar-refractivity contribution is 6.30. The Bertz CT molecular complexity index is 618. The molecule has 5 heteroatoms. The third kappa shape index (κ3) is 2.64. The quantitative estimate of drug-likeness (QED) is 0.783. The molecule has 2 heterocycles. The summed E-state index contributed by atoms with van der Waals surface area (Å²) in [5.41, 5.74) is 1.01. The van der Waals surface area contributed by atoms with Crippen LogP contribution in [0.3, 0.4) is 0 Å². The van der Waals surface area contributed by atoms with E-state index in [1.54, 1.807) is 31.2 Å². The summed E-state index contributed by atoms with van der Waals surface area (Å²) in [5, 5.41) is 0. The van der Waals surface area contributed by atoms with Crippen LogP contribution in [0.4, 0.5) is 5.69 Å². The molecule has 1 aromatic carbocycles. The predicted octanol–water partition coefficient (Wildman–Crippen LogP) is 2.31. The zero-order valence-corrected chi connectivity index (χ0v) is 12.7. The molecule has 0 N–H and O–H groups in total. The van der Waals surface area contributed by atoms with Crippen LogP contribution in [0.1, 0.15) is 20.3 Å². The summed E-state index contributed by atoms with van der Waals surface area (Å²) in [6.07, 6.45) is 2.61. The monoisotopic (exact) mass is 301 g/mol. The van der Waals surface area contributed by atoms with E-state index < -0.39 is 0 Å². The topological polar surface area (TPSA) is 55.8 Å². The van der Waals surface area contributed by atoms with E-state index in [-0.39, 0.29) is 17.9 Å². The molecule has 1 aromatic rings. The van der Waals surface area contributed by atoms with Gasteiger partial charge in [-0.15, -0.1) is 0 Å². The number of carbonyl (C=O) groups is 2. The van der Waals surface area contributed by atoms with Crippen molar-refractivity contribution in [3.05, 3.63) is 35.9 Å². The smallest absolute Gasteiger partial charge is 0.261 e. The van der Waals surface area contributed by atoms with Gasteiger partial charge in [-0.1, -0.05) is 6.92 Å². The highest BCUT2D eigenvalue weighted by Crippen LogP contribution is 2.27. The Balaban J connectivity index is 1.61. The Morgan fingerprint density at radius 3 is 2.50 bits per heavy atom. The fourth-order valence-corrected chi connectivity index (χ4v) is 2.64. The van der Waals surface area contributed by atoms with Crippen LogP contribution in [0.2, 0.25) is 0 Å². The summed E-state index contributed by atoms with van der Waals surface area (Å²) in [6, 6.07) is 6.97. The van der Waals surface area contributed by atoms with Gasteiger partial charge in [0.25, 0.3) is 11.8 Å². The van der Waals surface area contributed by atoms with Crippen molar-refractivity contribution in [2.24, 2.45) is 5.92 Å². The van der Waals surface area contributed by atoms with Gasteiger partial charge in [0.2, 0.25) is 0 Å². The highest BCUT2D eigenvalue weighted by atomic mass is 16.5. The molecule has 0 radical (unpaired) electrons. The highest BCUT2D eigenvalue weighted by Gasteiger charge is 2.31. The molecule has 2 amide bonds. The fourth-order valence-electron chi connectivity index (χ4n) is 2.64. The van der Waals surface area contributed by atoms with Crippen LogP contribution in [0.25, 0.3) is 0 Å². The van der Waals surface area contributed by atoms with E-state index in [0.717, 1.165) is 13.0 Å². The average Bonchev–Trinajstić information content (AvgIpc) is 2.73. The average molecular weight is 301 g/mol. The number of imide groups is 1. The second-order valence-electron chi connectivity index (χ2n) is 5.65. The zero-order chi connectivity index (χ0) is 15.7. The van der Waals surface area contributed by atoms with Crippen molar-refractivity contribution >= 4 is 17.5 Å². The van der Waals surface area contributed by atoms with E-state index in [0.29, 0.717) is 29.5 Å². The van der Waals surface area contributed by atoms with Crippen LogP contribution in [0, 0.1) is 5.92 Å². The van der Waals surface area contributed by atoms with Crippen molar-refractivity contribution < 1.29 is 19.1 Å². The SMILES string of the molecule is CCC1COC1COc1ccc(N2C(=O)C=C(C)C2=O)cc1. The summed E-state index contributed by atoms with van der Waals surface area (Å²) in [6.45, 7) is 5.13. The Morgan fingerprint density at radius 1 is 1.27 bits per heavy atom. The molecule has 116 valence electrons. The molecule has 0 bridgehead atoms. The number of anilines is 1. The third-order valence-electron chi connectivity index (χ3n) is 4.18. The van der Waals surface area contributed by atoms with Gasteiger partial charge in [-0.05, 0) is 37.6 Å². The first-order valence-electron chi connectivity index (χ1n) is 7.51. The van der Waals surface area contributed by atoms with Crippen molar-refractivity contribution in [3.8, 4) is 5.75 Å². The standard InChI is InChI=1S/C17H19NO4/c1-3-12-9-22-15(12)10-21-14-6-4-13(5-7-14)18-16(19)8-11(2)17(18)20/h4-8,12,15H,3,9-10H2,1-2H3. The fraction of sp³-hybridized carbons (Fsp3) is 0.412. The molecule has 0 aromatic heterocycles. The lowest BCUT2D eigenvalue weighted by atomic mass is 9.96. The van der Waals surface area contributed by atoms with Gasteiger partial charge in [0, 0.05) is 17.6 Å². The van der Waals surface area contributed by atoms with Gasteiger partial charge < -0.3 is 9.47 Å². The van der Waals surface area contributed by atoms with E-state index in [4.69, 9.17) is 9.47 Å². The van der Waals surface area contributed by atoms with Crippen LogP contribution in [0.5, 0.6) is 5.75 Å². The van der Waals surface area contributed by atoms with Crippen molar-refractivity contribution in [2.75, 3.05) is 18.1 Å². The van der Waals surface area contributed by atoms with Gasteiger partial charge in [0.1, 0.15) is 12.4 Å². The minimum atomic E-state index is -0.301. The second-order valence-corrected chi connectivity index (χ2v) is 5.65. The number of ether oxygens (including phenoxy) is 2. The van der Waals surface area contributed by atoms with E-state index in [1.165, 1.54) is 11.0 Å². The third-order valence-corrected chi connectivity index (χ3v) is 4.18. The molecule has 2 aliphatic rings. The van der Waals surface area contributed by atoms with Gasteiger partial charge in [0.05, 0.1) is 18.4 Å². The maximum absolute atomic E-state index is 11.9. The normalized spacial score (nSPS) is 24.3. The van der Waals surface area contributed by atoms with Crippen molar-refractivity contribution in [1.29, 1.82) is 0 Å². The van der Waals surface area contributed by atoms with Crippen LogP contribution < -0.4 is 9.64 Å². The lowest BCUT2D eigenvalue weighted by molar-refractivity contribution is -0.131. The first-order valence-corrected chi connectivity index (χ1v) is 7.51. The molecule has 22 heavy (non-hydrogen) atoms. The molecule has 0 aliphatic carbocycles. The van der Waals surface area contributed by atoms with Gasteiger partial charge >= 0.3 is 0 Å². The number of rotatable bonds is 5. The molecule has 1 saturated heterocycles. The minimum Gasteiger partial charge on any atom is -0.491 e.